The molecule has 1 unspecified atom stereocenters. The first-order valence-electron chi connectivity index (χ1n) is 4.88. The molecule has 1 aliphatic rings. The molecule has 0 aliphatic heterocycles. The summed E-state index contributed by atoms with van der Waals surface area (Å²) in [7, 11) is 0. The number of rotatable bonds is 2. The second kappa shape index (κ2) is 4.45. The molecule has 0 aromatic rings. The summed E-state index contributed by atoms with van der Waals surface area (Å²) in [5.41, 5.74) is 0.349. The van der Waals surface area contributed by atoms with Gasteiger partial charge in [0, 0.05) is 6.42 Å². The Morgan fingerprint density at radius 1 is 1.46 bits per heavy atom. The van der Waals surface area contributed by atoms with Crippen LogP contribution in [0.1, 0.15) is 39.5 Å². The van der Waals surface area contributed by atoms with E-state index in [4.69, 9.17) is 4.74 Å². The average molecular weight is 182 g/mol. The lowest BCUT2D eigenvalue weighted by Gasteiger charge is -2.27. The van der Waals surface area contributed by atoms with E-state index in [9.17, 15) is 4.79 Å². The molecule has 0 N–H and O–H groups in total. The molecular formula is C11H18O2. The van der Waals surface area contributed by atoms with E-state index >= 15 is 0 Å². The fraction of sp³-hybridized carbons (Fsp3) is 0.727. The van der Waals surface area contributed by atoms with Crippen LogP contribution in [0.25, 0.3) is 0 Å². The maximum absolute atomic E-state index is 10.2. The Bertz CT molecular complexity index is 194. The molecule has 0 aromatic heterocycles. The summed E-state index contributed by atoms with van der Waals surface area (Å²) >= 11 is 0. The number of ether oxygens (including phenoxy) is 1. The van der Waals surface area contributed by atoms with Gasteiger partial charge in [0.2, 0.25) is 0 Å². The van der Waals surface area contributed by atoms with Gasteiger partial charge < -0.3 is 4.74 Å². The van der Waals surface area contributed by atoms with E-state index in [1.165, 1.54) is 0 Å². The van der Waals surface area contributed by atoms with Gasteiger partial charge >= 0.3 is 0 Å². The van der Waals surface area contributed by atoms with Crippen LogP contribution in [0.2, 0.25) is 0 Å². The quantitative estimate of drug-likeness (QED) is 0.485. The van der Waals surface area contributed by atoms with Crippen molar-refractivity contribution in [3.63, 3.8) is 0 Å². The zero-order valence-corrected chi connectivity index (χ0v) is 8.45. The molecule has 0 heterocycles. The van der Waals surface area contributed by atoms with Crippen LogP contribution in [0.3, 0.4) is 0 Å². The van der Waals surface area contributed by atoms with E-state index in [1.54, 1.807) is 0 Å². The fourth-order valence-electron chi connectivity index (χ4n) is 1.62. The van der Waals surface area contributed by atoms with Crippen LogP contribution in [-0.4, -0.2) is 12.6 Å². The number of carbonyl (C=O) groups is 1. The molecule has 0 radical (unpaired) electrons. The largest absolute Gasteiger partial charge is 0.464 e. The van der Waals surface area contributed by atoms with E-state index in [0.29, 0.717) is 11.9 Å². The van der Waals surface area contributed by atoms with Crippen LogP contribution in [0.5, 0.6) is 0 Å². The average Bonchev–Trinajstić information content (AvgIpc) is 2.05. The van der Waals surface area contributed by atoms with Crippen LogP contribution in [0.15, 0.2) is 12.2 Å². The summed E-state index contributed by atoms with van der Waals surface area (Å²) in [6.45, 7) is 5.06. The van der Waals surface area contributed by atoms with Crippen molar-refractivity contribution in [2.45, 2.75) is 45.6 Å². The molecule has 74 valence electrons. The number of hydrogen-bond acceptors (Lipinski definition) is 2. The van der Waals surface area contributed by atoms with E-state index in [2.05, 4.69) is 26.0 Å². The molecule has 1 aliphatic carbocycles. The summed E-state index contributed by atoms with van der Waals surface area (Å²) in [5, 5.41) is 0. The highest BCUT2D eigenvalue weighted by atomic mass is 16.5. The van der Waals surface area contributed by atoms with Crippen molar-refractivity contribution in [3.05, 3.63) is 12.2 Å². The first-order chi connectivity index (χ1) is 6.14. The zero-order valence-electron chi connectivity index (χ0n) is 8.45. The van der Waals surface area contributed by atoms with Crippen LogP contribution < -0.4 is 0 Å². The molecule has 0 spiro atoms. The molecule has 1 rings (SSSR count). The van der Waals surface area contributed by atoms with Gasteiger partial charge in [-0.15, -0.1) is 0 Å². The topological polar surface area (TPSA) is 26.3 Å². The minimum Gasteiger partial charge on any atom is -0.464 e. The van der Waals surface area contributed by atoms with Crippen molar-refractivity contribution < 1.29 is 9.53 Å². The standard InChI is InChI=1S/C11H18O2/c1-11(2)7-4-3-5-10(6-8-11)13-9-12/h3-4,9-10H,5-8H2,1-2H3/b4-3-. The Kier molecular flexibility index (Phi) is 3.52. The van der Waals surface area contributed by atoms with Crippen molar-refractivity contribution in [2.75, 3.05) is 0 Å². The molecule has 13 heavy (non-hydrogen) atoms. The lowest BCUT2D eigenvalue weighted by Crippen LogP contribution is -2.19. The predicted molar refractivity (Wildman–Crippen MR) is 52.3 cm³/mol. The molecule has 0 saturated heterocycles. The van der Waals surface area contributed by atoms with Gasteiger partial charge in [0.05, 0.1) is 0 Å². The van der Waals surface area contributed by atoms with Crippen molar-refractivity contribution in [2.24, 2.45) is 5.41 Å². The maximum atomic E-state index is 10.2. The second-order valence-corrected chi connectivity index (χ2v) is 4.47. The van der Waals surface area contributed by atoms with Gasteiger partial charge in [0.15, 0.2) is 0 Å². The van der Waals surface area contributed by atoms with Crippen LogP contribution >= 0.6 is 0 Å². The Labute approximate surface area is 80.0 Å². The van der Waals surface area contributed by atoms with Crippen molar-refractivity contribution in [1.82, 2.24) is 0 Å². The van der Waals surface area contributed by atoms with Crippen molar-refractivity contribution in [3.8, 4) is 0 Å². The molecule has 2 heteroatoms. The summed E-state index contributed by atoms with van der Waals surface area (Å²) in [6.07, 6.45) is 8.50. The molecule has 1 atom stereocenters. The molecule has 0 aromatic carbocycles. The summed E-state index contributed by atoms with van der Waals surface area (Å²) in [5.74, 6) is 0. The highest BCUT2D eigenvalue weighted by molar-refractivity contribution is 5.37. The maximum Gasteiger partial charge on any atom is 0.293 e. The SMILES string of the molecule is CC1(C)C/C=C\CC(OC=O)CC1. The second-order valence-electron chi connectivity index (χ2n) is 4.47. The Hall–Kier alpha value is -0.790. The van der Waals surface area contributed by atoms with Gasteiger partial charge in [-0.25, -0.2) is 0 Å². The monoisotopic (exact) mass is 182 g/mol. The van der Waals surface area contributed by atoms with Gasteiger partial charge in [-0.05, 0) is 24.7 Å². The first-order valence-corrected chi connectivity index (χ1v) is 4.88. The summed E-state index contributed by atoms with van der Waals surface area (Å²) in [6, 6.07) is 0. The Morgan fingerprint density at radius 3 is 2.92 bits per heavy atom. The van der Waals surface area contributed by atoms with Crippen molar-refractivity contribution in [1.29, 1.82) is 0 Å². The third kappa shape index (κ3) is 3.62. The minimum atomic E-state index is 0.0910. The third-order valence-corrected chi connectivity index (χ3v) is 2.63. The van der Waals surface area contributed by atoms with Crippen LogP contribution in [-0.2, 0) is 9.53 Å². The lowest BCUT2D eigenvalue weighted by atomic mass is 9.81. The molecule has 0 bridgehead atoms. The Balaban J connectivity index is 2.51. The highest BCUT2D eigenvalue weighted by Crippen LogP contribution is 2.30. The number of carbonyl (C=O) groups excluding carboxylic acids is 1. The van der Waals surface area contributed by atoms with E-state index < -0.39 is 0 Å². The molecule has 2 nitrogen and oxygen atoms in total. The predicted octanol–water partition coefficient (Wildman–Crippen LogP) is 2.68. The van der Waals surface area contributed by atoms with Gasteiger partial charge in [-0.3, -0.25) is 4.79 Å². The van der Waals surface area contributed by atoms with E-state index in [-0.39, 0.29) is 6.10 Å². The minimum absolute atomic E-state index is 0.0910. The van der Waals surface area contributed by atoms with E-state index in [1.807, 2.05) is 0 Å². The molecule has 0 saturated carbocycles. The van der Waals surface area contributed by atoms with Crippen LogP contribution in [0.4, 0.5) is 0 Å². The lowest BCUT2D eigenvalue weighted by molar-refractivity contribution is -0.134. The van der Waals surface area contributed by atoms with Gasteiger partial charge in [0.1, 0.15) is 6.10 Å². The molecular weight excluding hydrogens is 164 g/mol. The summed E-state index contributed by atoms with van der Waals surface area (Å²) in [4.78, 5) is 10.2. The van der Waals surface area contributed by atoms with Crippen LogP contribution in [0, 0.1) is 5.41 Å². The van der Waals surface area contributed by atoms with Gasteiger partial charge in [0.25, 0.3) is 6.47 Å². The summed E-state index contributed by atoms with van der Waals surface area (Å²) < 4.78 is 4.98. The Morgan fingerprint density at radius 2 is 2.23 bits per heavy atom. The van der Waals surface area contributed by atoms with Gasteiger partial charge in [-0.2, -0.15) is 0 Å². The zero-order chi connectivity index (χ0) is 9.73. The number of hydrogen-bond donors (Lipinski definition) is 0. The smallest absolute Gasteiger partial charge is 0.293 e. The fourth-order valence-corrected chi connectivity index (χ4v) is 1.62. The first kappa shape index (κ1) is 10.3. The third-order valence-electron chi connectivity index (χ3n) is 2.63. The van der Waals surface area contributed by atoms with E-state index in [0.717, 1.165) is 25.7 Å². The number of allylic oxidation sites excluding steroid dienone is 1. The van der Waals surface area contributed by atoms with Gasteiger partial charge in [-0.1, -0.05) is 26.0 Å². The normalized spacial score (nSPS) is 29.8. The molecule has 0 fully saturated rings. The highest BCUT2D eigenvalue weighted by Gasteiger charge is 2.20. The van der Waals surface area contributed by atoms with Crippen molar-refractivity contribution >= 4 is 6.47 Å². The molecule has 0 amide bonds.